The maximum atomic E-state index is 16.0. The lowest BCUT2D eigenvalue weighted by atomic mass is 9.39. The van der Waals surface area contributed by atoms with E-state index in [9.17, 15) is 4.79 Å². The van der Waals surface area contributed by atoms with Crippen molar-refractivity contribution in [1.29, 1.82) is 0 Å². The number of rotatable bonds is 10. The Bertz CT molecular complexity index is 2520. The Balaban J connectivity index is 1.33. The number of hydrogen-bond donors (Lipinski definition) is 1. The molecule has 10 nitrogen and oxygen atoms in total. The summed E-state index contributed by atoms with van der Waals surface area (Å²) in [5, 5.41) is 4.13. The quantitative estimate of drug-likeness (QED) is 0.107. The van der Waals surface area contributed by atoms with Gasteiger partial charge in [-0.3, -0.25) is 14.9 Å². The largest absolute Gasteiger partial charge is 0.482 e. The Labute approximate surface area is 372 Å². The molecule has 9 aliphatic rings. The molecule has 5 heterocycles. The summed E-state index contributed by atoms with van der Waals surface area (Å²) in [6, 6.07) is 7.88. The highest BCUT2D eigenvalue weighted by Crippen LogP contribution is 2.78. The van der Waals surface area contributed by atoms with Crippen molar-refractivity contribution in [3.05, 3.63) is 98.7 Å². The molecule has 62 heavy (non-hydrogen) atoms. The van der Waals surface area contributed by atoms with Gasteiger partial charge >= 0.3 is 5.97 Å². The minimum Gasteiger partial charge on any atom is -0.482 e. The Morgan fingerprint density at radius 3 is 2.45 bits per heavy atom. The van der Waals surface area contributed by atoms with E-state index in [1.807, 2.05) is 24.3 Å². The van der Waals surface area contributed by atoms with E-state index >= 15 is 9.59 Å². The van der Waals surface area contributed by atoms with Crippen LogP contribution in [0.25, 0.3) is 11.8 Å². The fourth-order valence-electron chi connectivity index (χ4n) is 13.2. The van der Waals surface area contributed by atoms with E-state index in [4.69, 9.17) is 23.7 Å². The van der Waals surface area contributed by atoms with E-state index in [-0.39, 0.29) is 29.4 Å². The van der Waals surface area contributed by atoms with Crippen LogP contribution in [0.5, 0.6) is 17.2 Å². The van der Waals surface area contributed by atoms with Gasteiger partial charge in [-0.15, -0.1) is 0 Å². The average molecular weight is 906 g/mol. The molecule has 8 atom stereocenters. The number of nitrogens with zero attached hydrogens (tertiary/aromatic N) is 1. The van der Waals surface area contributed by atoms with Crippen molar-refractivity contribution < 1.29 is 38.1 Å². The van der Waals surface area contributed by atoms with Crippen LogP contribution in [-0.4, -0.2) is 70.6 Å². The van der Waals surface area contributed by atoms with E-state index in [1.54, 1.807) is 13.0 Å². The number of alkyl halides is 1. The summed E-state index contributed by atoms with van der Waals surface area (Å²) in [6.45, 7) is 17.6. The molecule has 0 amide bonds. The van der Waals surface area contributed by atoms with Gasteiger partial charge < -0.3 is 28.6 Å². The number of carbonyl (C=O) groups excluding carboxylic acids is 3. The number of benzene rings is 2. The molecule has 4 bridgehead atoms. The van der Waals surface area contributed by atoms with E-state index in [0.717, 1.165) is 46.4 Å². The summed E-state index contributed by atoms with van der Waals surface area (Å²) >= 11 is 3.66. The van der Waals surface area contributed by atoms with Crippen LogP contribution in [0.2, 0.25) is 0 Å². The zero-order valence-corrected chi connectivity index (χ0v) is 38.8. The van der Waals surface area contributed by atoms with Crippen LogP contribution < -0.4 is 19.5 Å². The SMILES string of the molecule is COC(=O)/C(C)=C\CC12OC(C)(C)C3CC(C1=O)C1C4=C(c5ccccc5C4=O)N4CCNC45c4c(OCBr)c6c(c(CC=C(C)C)c4OC32C15)OC(C)(CCC=C(C)C)C=C6. The average Bonchev–Trinajstić information content (AvgIpc) is 3.83. The maximum absolute atomic E-state index is 16.0. The van der Waals surface area contributed by atoms with E-state index in [0.29, 0.717) is 59.9 Å². The molecule has 0 aromatic heterocycles. The van der Waals surface area contributed by atoms with Crippen molar-refractivity contribution in [2.45, 2.75) is 116 Å². The first-order valence-corrected chi connectivity index (χ1v) is 23.3. The van der Waals surface area contributed by atoms with Crippen LogP contribution in [0.4, 0.5) is 0 Å². The van der Waals surface area contributed by atoms with Crippen molar-refractivity contribution in [2.24, 2.45) is 23.7 Å². The molecule has 5 fully saturated rings. The molecule has 11 heteroatoms. The van der Waals surface area contributed by atoms with Gasteiger partial charge in [-0.05, 0) is 109 Å². The molecule has 8 unspecified atom stereocenters. The summed E-state index contributed by atoms with van der Waals surface area (Å²) in [7, 11) is 1.36. The van der Waals surface area contributed by atoms with Crippen LogP contribution >= 0.6 is 15.9 Å². The molecule has 11 rings (SSSR count). The van der Waals surface area contributed by atoms with Gasteiger partial charge in [-0.2, -0.15) is 0 Å². The molecule has 5 aliphatic heterocycles. The molecular formula is C51H57BrN2O8. The third kappa shape index (κ3) is 5.24. The fourth-order valence-corrected chi connectivity index (χ4v) is 13.4. The van der Waals surface area contributed by atoms with Crippen LogP contribution in [0.1, 0.15) is 114 Å². The highest BCUT2D eigenvalue weighted by molar-refractivity contribution is 9.09. The molecule has 2 saturated heterocycles. The molecule has 3 saturated carbocycles. The monoisotopic (exact) mass is 904 g/mol. The Morgan fingerprint density at radius 1 is 1.00 bits per heavy atom. The van der Waals surface area contributed by atoms with Gasteiger partial charge in [-0.1, -0.05) is 53.6 Å². The van der Waals surface area contributed by atoms with Crippen LogP contribution in [0, 0.1) is 23.7 Å². The lowest BCUT2D eigenvalue weighted by molar-refractivity contribution is -0.245. The topological polar surface area (TPSA) is 113 Å². The van der Waals surface area contributed by atoms with Crippen LogP contribution in [0.3, 0.4) is 0 Å². The number of methoxy groups -OCH3 is 1. The predicted molar refractivity (Wildman–Crippen MR) is 240 cm³/mol. The number of hydrogen-bond acceptors (Lipinski definition) is 10. The van der Waals surface area contributed by atoms with Gasteiger partial charge in [0.2, 0.25) is 0 Å². The number of allylic oxidation sites excluding steroid dienone is 5. The van der Waals surface area contributed by atoms with Gasteiger partial charge in [0.15, 0.2) is 22.8 Å². The number of ketones is 2. The second-order valence-electron chi connectivity index (χ2n) is 19.8. The summed E-state index contributed by atoms with van der Waals surface area (Å²) in [6.07, 6.45) is 13.3. The summed E-state index contributed by atoms with van der Waals surface area (Å²) in [5.74, 6) is -0.446. The summed E-state index contributed by atoms with van der Waals surface area (Å²) in [4.78, 5) is 46.4. The molecule has 1 N–H and O–H groups in total. The first-order chi connectivity index (χ1) is 29.5. The van der Waals surface area contributed by atoms with E-state index in [2.05, 4.69) is 98.9 Å². The van der Waals surface area contributed by atoms with Crippen LogP contribution in [0.15, 0.2) is 70.9 Å². The normalized spacial score (nSPS) is 33.4. The zero-order chi connectivity index (χ0) is 43.9. The van der Waals surface area contributed by atoms with Crippen molar-refractivity contribution >= 4 is 45.2 Å². The number of nitrogens with one attached hydrogen (secondary N) is 1. The number of Topliss-reactive ketones (excluding diaryl/α,β-unsaturated/α-hetero) is 2. The molecule has 326 valence electrons. The molecule has 4 aliphatic carbocycles. The second kappa shape index (κ2) is 14.0. The van der Waals surface area contributed by atoms with Crippen molar-refractivity contribution in [3.8, 4) is 17.2 Å². The van der Waals surface area contributed by atoms with Gasteiger partial charge in [0.05, 0.1) is 35.5 Å². The fraction of sp³-hybridized carbons (Fsp3) is 0.510. The van der Waals surface area contributed by atoms with Gasteiger partial charge in [0, 0.05) is 65.1 Å². The number of ether oxygens (including phenoxy) is 5. The molecule has 2 aromatic carbocycles. The first-order valence-electron chi connectivity index (χ1n) is 22.2. The number of esters is 1. The first kappa shape index (κ1) is 41.6. The predicted octanol–water partition coefficient (Wildman–Crippen LogP) is 9.16. The summed E-state index contributed by atoms with van der Waals surface area (Å²) < 4.78 is 34.8. The summed E-state index contributed by atoms with van der Waals surface area (Å²) in [5.41, 5.74) is 3.36. The maximum Gasteiger partial charge on any atom is 0.333 e. The molecular weight excluding hydrogens is 848 g/mol. The Kier molecular flexibility index (Phi) is 9.40. The van der Waals surface area contributed by atoms with Crippen LogP contribution in [-0.2, 0) is 31.1 Å². The minimum atomic E-state index is -1.52. The Morgan fingerprint density at radius 2 is 1.74 bits per heavy atom. The number of fused-ring (bicyclic) bond motifs is 5. The van der Waals surface area contributed by atoms with Crippen molar-refractivity contribution in [1.82, 2.24) is 10.2 Å². The lowest BCUT2D eigenvalue weighted by Gasteiger charge is -2.70. The second-order valence-corrected chi connectivity index (χ2v) is 20.3. The molecule has 2 aromatic rings. The van der Waals surface area contributed by atoms with E-state index in [1.165, 1.54) is 12.7 Å². The standard InChI is InChI=1S/C51H57BrN2O8/c1-27(2)13-12-20-48(8)21-19-33-41(60-48)32(17-16-28(3)4)43-38(42(33)59-26-52)51-44-36(37-39(54(51)24-23-53-51)30-14-10-11-15-31(30)40(37)55)34-25-35-47(6,7)62-49(45(34)56,50(35,44)61-43)22-18-29(5)46(57)58-9/h10-11,13-16,18-19,21,34-36,44,53H,12,17,20,22-26H2,1-9H3/b29-18-. The molecule has 0 radical (unpaired) electrons. The van der Waals surface area contributed by atoms with Crippen molar-refractivity contribution in [3.63, 3.8) is 0 Å². The van der Waals surface area contributed by atoms with Gasteiger partial charge in [-0.25, -0.2) is 4.79 Å². The highest BCUT2D eigenvalue weighted by atomic mass is 79.9. The van der Waals surface area contributed by atoms with E-state index < -0.39 is 51.8 Å². The number of carbonyl (C=O) groups is 3. The highest BCUT2D eigenvalue weighted by Gasteiger charge is 2.89. The Hall–Kier alpha value is -4.45. The minimum absolute atomic E-state index is 0.0271. The third-order valence-corrected chi connectivity index (χ3v) is 15.7. The zero-order valence-electron chi connectivity index (χ0n) is 37.3. The van der Waals surface area contributed by atoms with Gasteiger partial charge in [0.1, 0.15) is 34.0 Å². The third-order valence-electron chi connectivity index (χ3n) is 15.4. The van der Waals surface area contributed by atoms with Gasteiger partial charge in [0.25, 0.3) is 0 Å². The van der Waals surface area contributed by atoms with Crippen molar-refractivity contribution in [2.75, 3.05) is 25.7 Å². The molecule has 2 spiro atoms. The smallest absolute Gasteiger partial charge is 0.333 e. The number of halogens is 1. The lowest BCUT2D eigenvalue weighted by Crippen LogP contribution is -2.84.